The Morgan fingerprint density at radius 2 is 1.44 bits per heavy atom. The average molecular weight is 751 g/mol. The maximum atomic E-state index is 13.3. The van der Waals surface area contributed by atoms with Gasteiger partial charge in [0.2, 0.25) is 0 Å². The number of Topliss-reactive ketones (excluding diaryl/α,β-unsaturated/α-hetero) is 1. The van der Waals surface area contributed by atoms with Crippen LogP contribution >= 0.6 is 0 Å². The van der Waals surface area contributed by atoms with Crippen molar-refractivity contribution >= 4 is 30.7 Å². The summed E-state index contributed by atoms with van der Waals surface area (Å²) in [6, 6.07) is 10.00. The molecule has 1 N–H and O–H groups in total. The third kappa shape index (κ3) is 12.6. The summed E-state index contributed by atoms with van der Waals surface area (Å²) in [4.78, 5) is 13.3. The first-order valence-corrected chi connectivity index (χ1v) is 27.4. The van der Waals surface area contributed by atoms with E-state index in [1.165, 1.54) is 0 Å². The highest BCUT2D eigenvalue weighted by molar-refractivity contribution is 6.75. The summed E-state index contributed by atoms with van der Waals surface area (Å²) in [6.45, 7) is 41.2. The number of ether oxygens (including phenoxy) is 2. The molecule has 288 valence electrons. The van der Waals surface area contributed by atoms with Gasteiger partial charge in [-0.1, -0.05) is 105 Å². The molecular formula is C40H74O7Si3. The number of hydrogen-bond acceptors (Lipinski definition) is 7. The number of benzene rings is 1. The highest BCUT2D eigenvalue weighted by Crippen LogP contribution is 2.47. The van der Waals surface area contributed by atoms with Gasteiger partial charge in [0, 0.05) is 19.3 Å². The summed E-state index contributed by atoms with van der Waals surface area (Å²) >= 11 is 0. The predicted octanol–water partition coefficient (Wildman–Crippen LogP) is 10.2. The van der Waals surface area contributed by atoms with E-state index in [0.717, 1.165) is 11.1 Å². The van der Waals surface area contributed by atoms with Crippen LogP contribution in [0.3, 0.4) is 0 Å². The van der Waals surface area contributed by atoms with E-state index in [1.54, 1.807) is 0 Å². The lowest BCUT2D eigenvalue weighted by Crippen LogP contribution is -2.55. The van der Waals surface area contributed by atoms with Crippen LogP contribution in [-0.2, 0) is 34.2 Å². The molecule has 0 bridgehead atoms. The zero-order valence-electron chi connectivity index (χ0n) is 34.7. The fourth-order valence-corrected chi connectivity index (χ4v) is 8.95. The lowest BCUT2D eigenvalue weighted by molar-refractivity contribution is -0.146. The van der Waals surface area contributed by atoms with Crippen LogP contribution in [0.4, 0.5) is 0 Å². The maximum absolute atomic E-state index is 13.3. The summed E-state index contributed by atoms with van der Waals surface area (Å²) in [5.41, 5.74) is 1.17. The van der Waals surface area contributed by atoms with Crippen molar-refractivity contribution in [2.24, 2.45) is 0 Å². The maximum Gasteiger partial charge on any atom is 0.192 e. The minimum atomic E-state index is -2.27. The average Bonchev–Trinajstić information content (AvgIpc) is 3.29. The van der Waals surface area contributed by atoms with Crippen LogP contribution in [0.15, 0.2) is 42.5 Å². The zero-order chi connectivity index (χ0) is 38.6. The van der Waals surface area contributed by atoms with Gasteiger partial charge in [-0.3, -0.25) is 4.79 Å². The first kappa shape index (κ1) is 45.2. The molecule has 1 saturated heterocycles. The first-order valence-electron chi connectivity index (χ1n) is 18.7. The van der Waals surface area contributed by atoms with Gasteiger partial charge in [-0.25, -0.2) is 0 Å². The second-order valence-corrected chi connectivity index (χ2v) is 33.8. The van der Waals surface area contributed by atoms with Gasteiger partial charge in [-0.15, -0.1) is 0 Å². The van der Waals surface area contributed by atoms with E-state index >= 15 is 0 Å². The monoisotopic (exact) mass is 750 g/mol. The third-order valence-corrected chi connectivity index (χ3v) is 25.4. The summed E-state index contributed by atoms with van der Waals surface area (Å²) < 4.78 is 33.8. The number of rotatable bonds is 18. The summed E-state index contributed by atoms with van der Waals surface area (Å²) in [5.74, 6) is -0.0275. The van der Waals surface area contributed by atoms with Gasteiger partial charge >= 0.3 is 0 Å². The van der Waals surface area contributed by atoms with E-state index < -0.39 is 42.8 Å². The van der Waals surface area contributed by atoms with Crippen LogP contribution in [0.2, 0.25) is 54.4 Å². The molecule has 0 spiro atoms. The third-order valence-electron chi connectivity index (χ3n) is 11.9. The van der Waals surface area contributed by atoms with Gasteiger partial charge in [-0.05, 0) is 73.3 Å². The van der Waals surface area contributed by atoms with Crippen molar-refractivity contribution in [3.8, 4) is 0 Å². The quantitative estimate of drug-likeness (QED) is 0.118. The van der Waals surface area contributed by atoms with Gasteiger partial charge in [0.05, 0.1) is 43.7 Å². The molecule has 2 rings (SSSR count). The molecule has 1 aromatic rings. The van der Waals surface area contributed by atoms with Crippen LogP contribution in [0.5, 0.6) is 0 Å². The summed E-state index contributed by atoms with van der Waals surface area (Å²) in [6.07, 6.45) is -1.10. The molecule has 0 amide bonds. The van der Waals surface area contributed by atoms with Crippen molar-refractivity contribution in [2.45, 2.75) is 186 Å². The minimum absolute atomic E-state index is 0.00944. The van der Waals surface area contributed by atoms with Crippen molar-refractivity contribution in [3.05, 3.63) is 48.0 Å². The van der Waals surface area contributed by atoms with Crippen LogP contribution in [0, 0.1) is 0 Å². The van der Waals surface area contributed by atoms with Crippen LogP contribution < -0.4 is 0 Å². The van der Waals surface area contributed by atoms with Crippen LogP contribution in [-0.4, -0.2) is 79.1 Å². The van der Waals surface area contributed by atoms with E-state index in [0.29, 0.717) is 39.1 Å². The molecule has 10 heteroatoms. The van der Waals surface area contributed by atoms with Crippen molar-refractivity contribution in [3.63, 3.8) is 0 Å². The Bertz CT molecular complexity index is 1240. The van der Waals surface area contributed by atoms with E-state index in [2.05, 4.69) is 115 Å². The first-order chi connectivity index (χ1) is 22.5. The second kappa shape index (κ2) is 17.0. The molecule has 0 aliphatic carbocycles. The number of aliphatic hydroxyl groups is 1. The normalized spacial score (nSPS) is 22.4. The zero-order valence-corrected chi connectivity index (χ0v) is 37.7. The second-order valence-electron chi connectivity index (χ2n) is 19.5. The molecule has 0 radical (unpaired) electrons. The lowest BCUT2D eigenvalue weighted by atomic mass is 9.93. The Balaban J connectivity index is 2.29. The summed E-state index contributed by atoms with van der Waals surface area (Å²) in [5, 5.41) is 11.7. The number of carbonyl (C=O) groups is 1. The molecule has 7 nitrogen and oxygen atoms in total. The Kier molecular flexibility index (Phi) is 15.4. The number of hydrogen-bond donors (Lipinski definition) is 1. The Morgan fingerprint density at radius 3 is 1.96 bits per heavy atom. The van der Waals surface area contributed by atoms with Crippen molar-refractivity contribution in [1.82, 2.24) is 0 Å². The van der Waals surface area contributed by atoms with Gasteiger partial charge in [-0.2, -0.15) is 0 Å². The molecule has 1 heterocycles. The number of carbonyl (C=O) groups excluding carboxylic acids is 1. The van der Waals surface area contributed by atoms with E-state index in [-0.39, 0.29) is 39.5 Å². The van der Waals surface area contributed by atoms with Gasteiger partial charge in [0.25, 0.3) is 0 Å². The molecule has 5 atom stereocenters. The number of ketones is 1. The van der Waals surface area contributed by atoms with Crippen LogP contribution in [0.1, 0.15) is 100 Å². The molecule has 50 heavy (non-hydrogen) atoms. The molecule has 0 saturated carbocycles. The topological polar surface area (TPSA) is 83.5 Å². The summed E-state index contributed by atoms with van der Waals surface area (Å²) in [7, 11) is -6.64. The van der Waals surface area contributed by atoms with Crippen molar-refractivity contribution in [2.75, 3.05) is 13.2 Å². The molecule has 0 unspecified atom stereocenters. The van der Waals surface area contributed by atoms with Gasteiger partial charge in [0.15, 0.2) is 25.0 Å². The van der Waals surface area contributed by atoms with Crippen molar-refractivity contribution < 1.29 is 32.7 Å². The smallest absolute Gasteiger partial charge is 0.192 e. The fourth-order valence-electron chi connectivity index (χ4n) is 5.24. The van der Waals surface area contributed by atoms with E-state index in [9.17, 15) is 9.90 Å². The van der Waals surface area contributed by atoms with E-state index in [4.69, 9.17) is 22.8 Å². The Labute approximate surface area is 309 Å². The standard InChI is InChI=1S/C40H74O7Si3/c1-30(27-43-28-31-21-19-18-20-22-31)23-24-32(41)25-33(42)36-34(46-49(14,15)38(5,6)7)26-40(11,45-36)35(47-50(16,17)39(8,9)10)29-44-48(12,13)37(2,3)4/h18-22,33-36,42H,1,23-29H2,2-17H3/t33-,34-,35+,36-,40-/m1/s1. The molecule has 1 fully saturated rings. The Hall–Kier alpha value is -0.959. The van der Waals surface area contributed by atoms with E-state index in [1.807, 2.05) is 30.3 Å². The largest absolute Gasteiger partial charge is 0.414 e. The molecule has 0 aromatic heterocycles. The SMILES string of the molecule is C=C(CCC(=O)C[C@@H](O)[C@H]1O[C@@](C)([C@H](CO[Si](C)(C)C(C)(C)C)O[Si](C)(C)C(C)(C)C)C[C@H]1O[Si](C)(C)C(C)(C)C)COCc1ccccc1. The highest BCUT2D eigenvalue weighted by Gasteiger charge is 2.56. The fraction of sp³-hybridized carbons (Fsp3) is 0.775. The highest BCUT2D eigenvalue weighted by atomic mass is 28.4. The van der Waals surface area contributed by atoms with Crippen LogP contribution in [0.25, 0.3) is 0 Å². The van der Waals surface area contributed by atoms with Gasteiger partial charge < -0.3 is 27.9 Å². The molecule has 1 aliphatic heterocycles. The molecule has 1 aliphatic rings. The molecular weight excluding hydrogens is 677 g/mol. The Morgan fingerprint density at radius 1 is 0.900 bits per heavy atom. The minimum Gasteiger partial charge on any atom is -0.414 e. The predicted molar refractivity (Wildman–Crippen MR) is 215 cm³/mol. The van der Waals surface area contributed by atoms with Crippen molar-refractivity contribution in [1.29, 1.82) is 0 Å². The lowest BCUT2D eigenvalue weighted by Gasteiger charge is -2.45. The van der Waals surface area contributed by atoms with Gasteiger partial charge in [0.1, 0.15) is 11.9 Å². The number of aliphatic hydroxyl groups excluding tert-OH is 1. The molecule has 1 aromatic carbocycles.